The maximum atomic E-state index is 13.1. The van der Waals surface area contributed by atoms with Gasteiger partial charge in [0.25, 0.3) is 5.91 Å². The van der Waals surface area contributed by atoms with Crippen molar-refractivity contribution in [3.63, 3.8) is 0 Å². The van der Waals surface area contributed by atoms with E-state index in [0.717, 1.165) is 16.7 Å². The van der Waals surface area contributed by atoms with E-state index in [4.69, 9.17) is 9.15 Å². The summed E-state index contributed by atoms with van der Waals surface area (Å²) in [6.45, 7) is 3.70. The third-order valence-electron chi connectivity index (χ3n) is 5.80. The fourth-order valence-corrected chi connectivity index (χ4v) is 3.77. The van der Waals surface area contributed by atoms with E-state index in [0.29, 0.717) is 22.1 Å². The summed E-state index contributed by atoms with van der Waals surface area (Å²) in [7, 11) is 0. The highest BCUT2D eigenvalue weighted by Gasteiger charge is 2.24. The largest absolute Gasteiger partial charge is 0.459 e. The normalized spacial score (nSPS) is 11.7. The van der Waals surface area contributed by atoms with Crippen molar-refractivity contribution >= 4 is 22.8 Å². The summed E-state index contributed by atoms with van der Waals surface area (Å²) in [4.78, 5) is 38.0. The van der Waals surface area contributed by atoms with Crippen molar-refractivity contribution in [1.82, 2.24) is 5.32 Å². The summed E-state index contributed by atoms with van der Waals surface area (Å²) in [5, 5.41) is 3.50. The van der Waals surface area contributed by atoms with Crippen LogP contribution in [0.4, 0.5) is 0 Å². The quantitative estimate of drug-likeness (QED) is 0.328. The van der Waals surface area contributed by atoms with Gasteiger partial charge < -0.3 is 14.5 Å². The number of hydrogen-bond donors (Lipinski definition) is 1. The summed E-state index contributed by atoms with van der Waals surface area (Å²) < 4.78 is 11.0. The van der Waals surface area contributed by atoms with Gasteiger partial charge in [-0.2, -0.15) is 0 Å². The predicted molar refractivity (Wildman–Crippen MR) is 130 cm³/mol. The van der Waals surface area contributed by atoms with Crippen LogP contribution in [0.15, 0.2) is 88.1 Å². The zero-order valence-corrected chi connectivity index (χ0v) is 19.0. The highest BCUT2D eigenvalue weighted by molar-refractivity contribution is 5.96. The van der Waals surface area contributed by atoms with Gasteiger partial charge in [0.05, 0.1) is 0 Å². The molecule has 0 aliphatic carbocycles. The number of hydrogen-bond acceptors (Lipinski definition) is 5. The van der Waals surface area contributed by atoms with Crippen LogP contribution in [0.5, 0.6) is 0 Å². The van der Waals surface area contributed by atoms with E-state index in [1.807, 2.05) is 62.4 Å². The van der Waals surface area contributed by atoms with Gasteiger partial charge in [-0.25, -0.2) is 9.59 Å². The number of nitrogens with one attached hydrogen (secondary N) is 1. The summed E-state index contributed by atoms with van der Waals surface area (Å²) in [5.74, 6) is -0.950. The Morgan fingerprint density at radius 3 is 2.32 bits per heavy atom. The Hall–Kier alpha value is -4.19. The van der Waals surface area contributed by atoms with Crippen LogP contribution in [0, 0.1) is 13.8 Å². The first-order chi connectivity index (χ1) is 16.4. The van der Waals surface area contributed by atoms with Crippen LogP contribution in [-0.4, -0.2) is 17.9 Å². The molecule has 1 aromatic heterocycles. The monoisotopic (exact) mass is 455 g/mol. The van der Waals surface area contributed by atoms with Gasteiger partial charge in [0.15, 0.2) is 0 Å². The molecule has 1 atom stereocenters. The van der Waals surface area contributed by atoms with Gasteiger partial charge in [0.2, 0.25) is 0 Å². The second-order valence-electron chi connectivity index (χ2n) is 8.16. The molecule has 172 valence electrons. The van der Waals surface area contributed by atoms with Crippen molar-refractivity contribution in [3.05, 3.63) is 117 Å². The minimum Gasteiger partial charge on any atom is -0.459 e. The first-order valence-corrected chi connectivity index (χ1v) is 11.0. The molecule has 0 saturated carbocycles. The molecule has 34 heavy (non-hydrogen) atoms. The molecule has 0 fully saturated rings. The van der Waals surface area contributed by atoms with Crippen molar-refractivity contribution in [2.45, 2.75) is 32.9 Å². The lowest BCUT2D eigenvalue weighted by molar-refractivity contribution is -0.147. The van der Waals surface area contributed by atoms with Crippen LogP contribution in [0.3, 0.4) is 0 Å². The fraction of sp³-hybridized carbons (Fsp3) is 0.179. The lowest BCUT2D eigenvalue weighted by Crippen LogP contribution is -2.43. The fourth-order valence-electron chi connectivity index (χ4n) is 3.77. The summed E-state index contributed by atoms with van der Waals surface area (Å²) >= 11 is 0. The van der Waals surface area contributed by atoms with Gasteiger partial charge in [0, 0.05) is 29.0 Å². The van der Waals surface area contributed by atoms with Gasteiger partial charge in [-0.05, 0) is 42.7 Å². The SMILES string of the molecule is Cc1ccc2c(COC(=O)[C@H](Cc3ccccc3)NC(=O)c3ccccc3)cc(=O)oc2c1C. The standard InChI is InChI=1S/C28H25NO5/c1-18-13-14-23-22(16-25(30)34-26(23)19(18)2)17-33-28(32)24(15-20-9-5-3-6-10-20)29-27(31)21-11-7-4-8-12-21/h3-14,16,24H,15,17H2,1-2H3,(H,29,31)/t24-/m0/s1. The lowest BCUT2D eigenvalue weighted by Gasteiger charge is -2.18. The molecule has 6 nitrogen and oxygen atoms in total. The smallest absolute Gasteiger partial charge is 0.336 e. The molecule has 0 saturated heterocycles. The van der Waals surface area contributed by atoms with Crippen LogP contribution in [0.25, 0.3) is 11.0 Å². The van der Waals surface area contributed by atoms with Crippen LogP contribution in [0.2, 0.25) is 0 Å². The summed E-state index contributed by atoms with van der Waals surface area (Å²) in [6, 6.07) is 22.3. The average Bonchev–Trinajstić information content (AvgIpc) is 2.85. The second kappa shape index (κ2) is 10.2. The molecule has 0 bridgehead atoms. The number of esters is 1. The number of fused-ring (bicyclic) bond motifs is 1. The molecular formula is C28H25NO5. The molecule has 0 unspecified atom stereocenters. The van der Waals surface area contributed by atoms with Crippen molar-refractivity contribution in [2.24, 2.45) is 0 Å². The van der Waals surface area contributed by atoms with Crippen molar-refractivity contribution < 1.29 is 18.7 Å². The predicted octanol–water partition coefficient (Wildman–Crippen LogP) is 4.49. The molecule has 1 amide bonds. The number of ether oxygens (including phenoxy) is 1. The van der Waals surface area contributed by atoms with E-state index < -0.39 is 17.6 Å². The maximum Gasteiger partial charge on any atom is 0.336 e. The molecule has 0 radical (unpaired) electrons. The Morgan fingerprint density at radius 1 is 0.941 bits per heavy atom. The minimum atomic E-state index is -0.898. The van der Waals surface area contributed by atoms with Gasteiger partial charge in [-0.1, -0.05) is 60.7 Å². The molecular weight excluding hydrogens is 430 g/mol. The number of amides is 1. The number of carbonyl (C=O) groups excluding carboxylic acids is 2. The molecule has 4 aromatic rings. The Kier molecular flexibility index (Phi) is 6.87. The molecule has 1 heterocycles. The molecule has 1 N–H and O–H groups in total. The van der Waals surface area contributed by atoms with Gasteiger partial charge >= 0.3 is 11.6 Å². The molecule has 0 spiro atoms. The summed E-state index contributed by atoms with van der Waals surface area (Å²) in [5.41, 5.74) is 3.72. The van der Waals surface area contributed by atoms with Gasteiger partial charge in [-0.3, -0.25) is 4.79 Å². The van der Waals surface area contributed by atoms with E-state index in [1.54, 1.807) is 24.3 Å². The average molecular weight is 456 g/mol. The van der Waals surface area contributed by atoms with Crippen molar-refractivity contribution in [3.8, 4) is 0 Å². The number of aryl methyl sites for hydroxylation is 2. The maximum absolute atomic E-state index is 13.1. The third-order valence-corrected chi connectivity index (χ3v) is 5.80. The first kappa shape index (κ1) is 23.0. The van der Waals surface area contributed by atoms with Crippen molar-refractivity contribution in [2.75, 3.05) is 0 Å². The summed E-state index contributed by atoms with van der Waals surface area (Å²) in [6.07, 6.45) is 0.272. The number of carbonyl (C=O) groups is 2. The number of rotatable bonds is 7. The Bertz CT molecular complexity index is 1380. The molecule has 0 aliphatic rings. The second-order valence-corrected chi connectivity index (χ2v) is 8.16. The van der Waals surface area contributed by atoms with E-state index in [9.17, 15) is 14.4 Å². The van der Waals surface area contributed by atoms with Crippen LogP contribution >= 0.6 is 0 Å². The zero-order chi connectivity index (χ0) is 24.1. The van der Waals surface area contributed by atoms with E-state index in [2.05, 4.69) is 5.32 Å². The molecule has 0 aliphatic heterocycles. The van der Waals surface area contributed by atoms with Crippen molar-refractivity contribution in [1.29, 1.82) is 0 Å². The van der Waals surface area contributed by atoms with Gasteiger partial charge in [0.1, 0.15) is 18.2 Å². The third kappa shape index (κ3) is 5.23. The Labute approximate surface area is 197 Å². The highest BCUT2D eigenvalue weighted by Crippen LogP contribution is 2.24. The number of benzene rings is 3. The van der Waals surface area contributed by atoms with Crippen LogP contribution < -0.4 is 10.9 Å². The molecule has 4 rings (SSSR count). The van der Waals surface area contributed by atoms with E-state index in [-0.39, 0.29) is 18.9 Å². The topological polar surface area (TPSA) is 85.6 Å². The first-order valence-electron chi connectivity index (χ1n) is 11.0. The Balaban J connectivity index is 1.56. The van der Waals surface area contributed by atoms with Crippen LogP contribution in [-0.2, 0) is 22.6 Å². The molecule has 3 aromatic carbocycles. The zero-order valence-electron chi connectivity index (χ0n) is 19.0. The minimum absolute atomic E-state index is 0.115. The molecule has 6 heteroatoms. The van der Waals surface area contributed by atoms with E-state index in [1.165, 1.54) is 6.07 Å². The Morgan fingerprint density at radius 2 is 1.62 bits per heavy atom. The highest BCUT2D eigenvalue weighted by atomic mass is 16.5. The van der Waals surface area contributed by atoms with Crippen LogP contribution in [0.1, 0.15) is 32.6 Å². The van der Waals surface area contributed by atoms with E-state index >= 15 is 0 Å². The van der Waals surface area contributed by atoms with Gasteiger partial charge in [-0.15, -0.1) is 0 Å². The lowest BCUT2D eigenvalue weighted by atomic mass is 10.0.